The van der Waals surface area contributed by atoms with Crippen molar-refractivity contribution >= 4 is 0 Å². The molecule has 0 radical (unpaired) electrons. The molecule has 0 N–H and O–H groups in total. The zero-order chi connectivity index (χ0) is 21.0. The highest BCUT2D eigenvalue weighted by atomic mass is 15.3. The first kappa shape index (κ1) is 20.5. The van der Waals surface area contributed by atoms with Crippen LogP contribution in [0.4, 0.5) is 0 Å². The molecule has 31 heavy (non-hydrogen) atoms. The van der Waals surface area contributed by atoms with Crippen LogP contribution in [0.15, 0.2) is 91.0 Å². The molecule has 2 fully saturated rings. The third kappa shape index (κ3) is 4.46. The van der Waals surface area contributed by atoms with Crippen LogP contribution in [-0.4, -0.2) is 42.0 Å². The van der Waals surface area contributed by atoms with E-state index in [0.717, 1.165) is 13.1 Å². The fraction of sp³-hybridized carbons (Fsp3) is 0.379. The van der Waals surface area contributed by atoms with Crippen LogP contribution < -0.4 is 0 Å². The van der Waals surface area contributed by atoms with Crippen LogP contribution in [0.1, 0.15) is 54.3 Å². The van der Waals surface area contributed by atoms with Gasteiger partial charge in [0.25, 0.3) is 0 Å². The van der Waals surface area contributed by atoms with Gasteiger partial charge in [-0.15, -0.1) is 0 Å². The van der Waals surface area contributed by atoms with Gasteiger partial charge in [0.2, 0.25) is 0 Å². The molecule has 2 aliphatic heterocycles. The van der Waals surface area contributed by atoms with Crippen molar-refractivity contribution in [1.82, 2.24) is 9.80 Å². The highest BCUT2D eigenvalue weighted by Gasteiger charge is 2.40. The molecule has 0 saturated carbocycles. The minimum absolute atomic E-state index is 0.458. The van der Waals surface area contributed by atoms with Gasteiger partial charge in [-0.05, 0) is 55.5 Å². The number of hydrogen-bond donors (Lipinski definition) is 0. The van der Waals surface area contributed by atoms with Gasteiger partial charge in [-0.3, -0.25) is 9.80 Å². The molecule has 2 heteroatoms. The Bertz CT molecular complexity index is 932. The Morgan fingerprint density at radius 1 is 0.677 bits per heavy atom. The third-order valence-electron chi connectivity index (χ3n) is 7.64. The Morgan fingerprint density at radius 2 is 1.23 bits per heavy atom. The van der Waals surface area contributed by atoms with Gasteiger partial charge in [0, 0.05) is 31.1 Å². The quantitative estimate of drug-likeness (QED) is 0.502. The Morgan fingerprint density at radius 3 is 1.84 bits per heavy atom. The summed E-state index contributed by atoms with van der Waals surface area (Å²) < 4.78 is 0. The van der Waals surface area contributed by atoms with Crippen molar-refractivity contribution in [1.29, 1.82) is 0 Å². The molecule has 5 rings (SSSR count). The highest BCUT2D eigenvalue weighted by molar-refractivity contribution is 5.26. The first-order valence-corrected chi connectivity index (χ1v) is 11.9. The Labute approximate surface area is 187 Å². The lowest BCUT2D eigenvalue weighted by atomic mass is 9.87. The number of hydrogen-bond acceptors (Lipinski definition) is 2. The maximum Gasteiger partial charge on any atom is 0.0320 e. The first-order valence-electron chi connectivity index (χ1n) is 11.9. The predicted molar refractivity (Wildman–Crippen MR) is 129 cm³/mol. The van der Waals surface area contributed by atoms with Gasteiger partial charge in [0.15, 0.2) is 0 Å². The first-order chi connectivity index (χ1) is 15.3. The summed E-state index contributed by atoms with van der Waals surface area (Å²) in [6, 6.07) is 34.4. The average Bonchev–Trinajstić information content (AvgIpc) is 3.31. The third-order valence-corrected chi connectivity index (χ3v) is 7.64. The van der Waals surface area contributed by atoms with E-state index in [9.17, 15) is 0 Å². The largest absolute Gasteiger partial charge is 0.298 e. The second-order valence-corrected chi connectivity index (χ2v) is 9.35. The van der Waals surface area contributed by atoms with Crippen molar-refractivity contribution in [3.05, 3.63) is 108 Å². The molecule has 2 nitrogen and oxygen atoms in total. The van der Waals surface area contributed by atoms with E-state index < -0.39 is 0 Å². The summed E-state index contributed by atoms with van der Waals surface area (Å²) >= 11 is 0. The highest BCUT2D eigenvalue weighted by Crippen LogP contribution is 2.38. The van der Waals surface area contributed by atoms with Crippen molar-refractivity contribution < 1.29 is 0 Å². The summed E-state index contributed by atoms with van der Waals surface area (Å²) in [4.78, 5) is 5.51. The van der Waals surface area contributed by atoms with Crippen LogP contribution in [-0.2, 0) is 0 Å². The van der Waals surface area contributed by atoms with E-state index in [0.29, 0.717) is 23.9 Å². The van der Waals surface area contributed by atoms with Crippen molar-refractivity contribution in [3.8, 4) is 0 Å². The van der Waals surface area contributed by atoms with Crippen molar-refractivity contribution in [2.45, 2.75) is 43.7 Å². The summed E-state index contributed by atoms with van der Waals surface area (Å²) in [6.07, 6.45) is 2.55. The maximum absolute atomic E-state index is 2.80. The number of benzene rings is 3. The van der Waals surface area contributed by atoms with Crippen LogP contribution >= 0.6 is 0 Å². The number of likely N-dealkylation sites (tertiary alicyclic amines) is 2. The second kappa shape index (κ2) is 9.38. The zero-order valence-electron chi connectivity index (χ0n) is 18.6. The Hall–Kier alpha value is -2.42. The monoisotopic (exact) mass is 410 g/mol. The lowest BCUT2D eigenvalue weighted by Gasteiger charge is -2.38. The molecule has 2 aliphatic rings. The standard InChI is InChI=1S/C29H34N2/c1-23(24-11-5-2-6-12-24)31-21-28(27-15-9-4-10-16-27)29(22-31)30-19-17-26(18-20-30)25-13-7-3-8-14-25/h2-16,23,26,28-29H,17-22H2,1H3/t23?,28-,29+/m1/s1. The molecule has 160 valence electrons. The SMILES string of the molecule is CC(c1ccccc1)N1C[C@H](c2ccccc2)[C@@H](N2CCC(c3ccccc3)CC2)C1. The van der Waals surface area contributed by atoms with E-state index in [4.69, 9.17) is 0 Å². The van der Waals surface area contributed by atoms with Crippen molar-refractivity contribution in [3.63, 3.8) is 0 Å². The summed E-state index contributed by atoms with van der Waals surface area (Å²) in [7, 11) is 0. The molecule has 0 bridgehead atoms. The zero-order valence-corrected chi connectivity index (χ0v) is 18.6. The van der Waals surface area contributed by atoms with Gasteiger partial charge in [-0.1, -0.05) is 91.0 Å². The summed E-state index contributed by atoms with van der Waals surface area (Å²) in [6.45, 7) is 7.10. The van der Waals surface area contributed by atoms with Crippen LogP contribution in [0.2, 0.25) is 0 Å². The van der Waals surface area contributed by atoms with Gasteiger partial charge < -0.3 is 0 Å². The van der Waals surface area contributed by atoms with E-state index in [1.54, 1.807) is 0 Å². The lowest BCUT2D eigenvalue weighted by Crippen LogP contribution is -2.44. The number of nitrogens with zero attached hydrogens (tertiary/aromatic N) is 2. The van der Waals surface area contributed by atoms with Gasteiger partial charge >= 0.3 is 0 Å². The van der Waals surface area contributed by atoms with E-state index in [-0.39, 0.29) is 0 Å². The molecular weight excluding hydrogens is 376 g/mol. The van der Waals surface area contributed by atoms with Crippen LogP contribution in [0.3, 0.4) is 0 Å². The predicted octanol–water partition coefficient (Wildman–Crippen LogP) is 6.10. The lowest BCUT2D eigenvalue weighted by molar-refractivity contribution is 0.139. The Balaban J connectivity index is 1.33. The molecule has 0 amide bonds. The molecule has 3 aromatic carbocycles. The van der Waals surface area contributed by atoms with Crippen LogP contribution in [0.5, 0.6) is 0 Å². The molecule has 0 aliphatic carbocycles. The molecule has 0 aromatic heterocycles. The van der Waals surface area contributed by atoms with E-state index in [2.05, 4.69) is 108 Å². The molecule has 2 saturated heterocycles. The van der Waals surface area contributed by atoms with E-state index in [1.165, 1.54) is 42.6 Å². The van der Waals surface area contributed by atoms with Crippen molar-refractivity contribution in [2.24, 2.45) is 0 Å². The molecule has 3 atom stereocenters. The van der Waals surface area contributed by atoms with E-state index >= 15 is 0 Å². The maximum atomic E-state index is 2.80. The van der Waals surface area contributed by atoms with Gasteiger partial charge in [-0.25, -0.2) is 0 Å². The number of rotatable bonds is 5. The fourth-order valence-electron chi connectivity index (χ4n) is 5.76. The summed E-state index contributed by atoms with van der Waals surface area (Å²) in [5.41, 5.74) is 4.45. The second-order valence-electron chi connectivity index (χ2n) is 9.35. The van der Waals surface area contributed by atoms with Crippen molar-refractivity contribution in [2.75, 3.05) is 26.2 Å². The van der Waals surface area contributed by atoms with Gasteiger partial charge in [0.1, 0.15) is 0 Å². The minimum Gasteiger partial charge on any atom is -0.298 e. The summed E-state index contributed by atoms with van der Waals surface area (Å²) in [5.74, 6) is 1.30. The van der Waals surface area contributed by atoms with E-state index in [1.807, 2.05) is 0 Å². The minimum atomic E-state index is 0.458. The normalized spacial score (nSPS) is 24.3. The van der Waals surface area contributed by atoms with Gasteiger partial charge in [-0.2, -0.15) is 0 Å². The molecular formula is C29H34N2. The molecule has 0 spiro atoms. The molecule has 2 heterocycles. The topological polar surface area (TPSA) is 6.48 Å². The Kier molecular flexibility index (Phi) is 6.20. The average molecular weight is 411 g/mol. The van der Waals surface area contributed by atoms with Gasteiger partial charge in [0.05, 0.1) is 0 Å². The summed E-state index contributed by atoms with van der Waals surface area (Å²) in [5, 5.41) is 0. The van der Waals surface area contributed by atoms with Crippen LogP contribution in [0, 0.1) is 0 Å². The smallest absolute Gasteiger partial charge is 0.0320 e. The molecule has 1 unspecified atom stereocenters. The van der Waals surface area contributed by atoms with Crippen LogP contribution in [0.25, 0.3) is 0 Å². The number of piperidine rings is 1. The fourth-order valence-corrected chi connectivity index (χ4v) is 5.76. The molecule has 3 aromatic rings.